The summed E-state index contributed by atoms with van der Waals surface area (Å²) in [7, 11) is 0. The summed E-state index contributed by atoms with van der Waals surface area (Å²) in [5.74, 6) is 1.28. The molecule has 0 atom stereocenters. The summed E-state index contributed by atoms with van der Waals surface area (Å²) in [6, 6.07) is 20.4. The second-order valence-electron chi connectivity index (χ2n) is 6.76. The van der Waals surface area contributed by atoms with Crippen LogP contribution in [-0.2, 0) is 10.3 Å². The lowest BCUT2D eigenvalue weighted by Gasteiger charge is -2.28. The Morgan fingerprint density at radius 1 is 0.870 bits per heavy atom. The van der Waals surface area contributed by atoms with E-state index in [1.807, 2.05) is 43.3 Å². The fourth-order valence-electron chi connectivity index (χ4n) is 2.83. The molecule has 0 saturated carbocycles. The van der Waals surface area contributed by atoms with Crippen LogP contribution in [0.5, 0.6) is 0 Å². The highest BCUT2D eigenvalue weighted by Crippen LogP contribution is 2.40. The van der Waals surface area contributed by atoms with Crippen LogP contribution in [0, 0.1) is 0 Å². The lowest BCUT2D eigenvalue weighted by Crippen LogP contribution is -2.34. The zero-order valence-electron chi connectivity index (χ0n) is 14.1. The van der Waals surface area contributed by atoms with Crippen LogP contribution >= 0.6 is 0 Å². The molecular weight excluding hydrogens is 284 g/mol. The second-order valence-corrected chi connectivity index (χ2v) is 6.76. The number of benzene rings is 2. The average Bonchev–Trinajstić information content (AvgIpc) is 2.84. The van der Waals surface area contributed by atoms with Gasteiger partial charge >= 0.3 is 0 Å². The molecule has 1 heterocycles. The standard InChI is InChI=1S/C20H22N2O/c1-15-21-20(16-11-7-5-8-12-16,17-13-9-6-10-14-17)18(23-15)22-19(2,3)4/h5-14H,1-4H3. The fourth-order valence-corrected chi connectivity index (χ4v) is 2.83. The van der Waals surface area contributed by atoms with Gasteiger partial charge in [0.1, 0.15) is 0 Å². The molecule has 0 radical (unpaired) electrons. The maximum Gasteiger partial charge on any atom is 0.229 e. The van der Waals surface area contributed by atoms with E-state index in [4.69, 9.17) is 14.7 Å². The van der Waals surface area contributed by atoms with Crippen LogP contribution in [0.15, 0.2) is 70.6 Å². The smallest absolute Gasteiger partial charge is 0.229 e. The molecule has 2 aromatic rings. The third-order valence-electron chi connectivity index (χ3n) is 3.70. The number of nitrogens with zero attached hydrogens (tertiary/aromatic N) is 2. The monoisotopic (exact) mass is 306 g/mol. The SMILES string of the molecule is CC1=NC(c2ccccc2)(c2ccccc2)C(=NC(C)(C)C)O1. The Bertz CT molecular complexity index is 701. The molecule has 0 spiro atoms. The van der Waals surface area contributed by atoms with Crippen molar-refractivity contribution < 1.29 is 4.74 Å². The van der Waals surface area contributed by atoms with E-state index >= 15 is 0 Å². The highest BCUT2D eigenvalue weighted by molar-refractivity contribution is 6.05. The molecule has 3 heteroatoms. The van der Waals surface area contributed by atoms with Crippen LogP contribution in [0.25, 0.3) is 0 Å². The molecule has 0 unspecified atom stereocenters. The van der Waals surface area contributed by atoms with Gasteiger partial charge in [-0.3, -0.25) is 0 Å². The maximum atomic E-state index is 5.96. The lowest BCUT2D eigenvalue weighted by molar-refractivity contribution is 0.488. The Morgan fingerprint density at radius 3 is 1.78 bits per heavy atom. The van der Waals surface area contributed by atoms with E-state index in [9.17, 15) is 0 Å². The van der Waals surface area contributed by atoms with Crippen molar-refractivity contribution in [3.63, 3.8) is 0 Å². The number of hydrogen-bond acceptors (Lipinski definition) is 3. The van der Waals surface area contributed by atoms with Crippen molar-refractivity contribution in [2.75, 3.05) is 0 Å². The van der Waals surface area contributed by atoms with Crippen molar-refractivity contribution in [3.05, 3.63) is 71.8 Å². The van der Waals surface area contributed by atoms with Gasteiger partial charge in [-0.2, -0.15) is 0 Å². The third-order valence-corrected chi connectivity index (χ3v) is 3.70. The largest absolute Gasteiger partial charge is 0.426 e. The Balaban J connectivity index is 2.30. The first-order valence-corrected chi connectivity index (χ1v) is 7.87. The Morgan fingerprint density at radius 2 is 1.35 bits per heavy atom. The summed E-state index contributed by atoms with van der Waals surface area (Å²) in [5, 5.41) is 0. The molecule has 3 nitrogen and oxygen atoms in total. The van der Waals surface area contributed by atoms with Crippen LogP contribution in [0.4, 0.5) is 0 Å². The highest BCUT2D eigenvalue weighted by Gasteiger charge is 2.46. The minimum atomic E-state index is -0.708. The summed E-state index contributed by atoms with van der Waals surface area (Å²) in [5.41, 5.74) is 1.17. The predicted octanol–water partition coefficient (Wildman–Crippen LogP) is 4.58. The first kappa shape index (κ1) is 15.5. The number of rotatable bonds is 2. The predicted molar refractivity (Wildman–Crippen MR) is 95.0 cm³/mol. The molecule has 1 aliphatic rings. The normalized spacial score (nSPS) is 18.6. The molecule has 2 aromatic carbocycles. The zero-order valence-corrected chi connectivity index (χ0v) is 14.1. The molecular formula is C20H22N2O. The van der Waals surface area contributed by atoms with Gasteiger partial charge in [0.05, 0.1) is 5.54 Å². The van der Waals surface area contributed by atoms with E-state index in [2.05, 4.69) is 45.0 Å². The van der Waals surface area contributed by atoms with Crippen LogP contribution in [0.3, 0.4) is 0 Å². The van der Waals surface area contributed by atoms with Gasteiger partial charge in [0.25, 0.3) is 0 Å². The molecule has 0 N–H and O–H groups in total. The lowest BCUT2D eigenvalue weighted by atomic mass is 9.83. The maximum absolute atomic E-state index is 5.96. The first-order valence-electron chi connectivity index (χ1n) is 7.87. The molecule has 0 saturated heterocycles. The third kappa shape index (κ3) is 2.91. The van der Waals surface area contributed by atoms with E-state index in [0.29, 0.717) is 11.8 Å². The van der Waals surface area contributed by atoms with Crippen molar-refractivity contribution in [2.24, 2.45) is 9.98 Å². The summed E-state index contributed by atoms with van der Waals surface area (Å²) in [6.45, 7) is 8.08. The summed E-state index contributed by atoms with van der Waals surface area (Å²) >= 11 is 0. The molecule has 0 aliphatic carbocycles. The van der Waals surface area contributed by atoms with Crippen LogP contribution in [0.2, 0.25) is 0 Å². The van der Waals surface area contributed by atoms with E-state index in [0.717, 1.165) is 11.1 Å². The molecule has 0 aromatic heterocycles. The fraction of sp³-hybridized carbons (Fsp3) is 0.300. The van der Waals surface area contributed by atoms with E-state index < -0.39 is 5.54 Å². The number of ether oxygens (including phenoxy) is 1. The summed E-state index contributed by atoms with van der Waals surface area (Å²) in [4.78, 5) is 9.73. The number of aliphatic imine (C=N–C) groups is 2. The Labute approximate surface area is 137 Å². The van der Waals surface area contributed by atoms with Gasteiger partial charge in [0.15, 0.2) is 11.4 Å². The molecule has 3 rings (SSSR count). The quantitative estimate of drug-likeness (QED) is 0.800. The van der Waals surface area contributed by atoms with Crippen molar-refractivity contribution in [3.8, 4) is 0 Å². The van der Waals surface area contributed by atoms with Gasteiger partial charge in [-0.25, -0.2) is 9.98 Å². The second kappa shape index (κ2) is 5.65. The minimum Gasteiger partial charge on any atom is -0.426 e. The van der Waals surface area contributed by atoms with Crippen LogP contribution < -0.4 is 0 Å². The van der Waals surface area contributed by atoms with Gasteiger partial charge in [-0.05, 0) is 31.9 Å². The van der Waals surface area contributed by atoms with Gasteiger partial charge in [0, 0.05) is 6.92 Å². The van der Waals surface area contributed by atoms with Gasteiger partial charge in [-0.1, -0.05) is 60.7 Å². The summed E-state index contributed by atoms with van der Waals surface area (Å²) < 4.78 is 5.96. The molecule has 0 bridgehead atoms. The molecule has 0 fully saturated rings. The minimum absolute atomic E-state index is 0.246. The van der Waals surface area contributed by atoms with Crippen LogP contribution in [0.1, 0.15) is 38.8 Å². The van der Waals surface area contributed by atoms with Crippen molar-refractivity contribution in [1.82, 2.24) is 0 Å². The highest BCUT2D eigenvalue weighted by atomic mass is 16.5. The van der Waals surface area contributed by atoms with E-state index in [-0.39, 0.29) is 5.54 Å². The van der Waals surface area contributed by atoms with Crippen molar-refractivity contribution >= 4 is 11.8 Å². The van der Waals surface area contributed by atoms with E-state index in [1.54, 1.807) is 0 Å². The summed E-state index contributed by atoms with van der Waals surface area (Å²) in [6.07, 6.45) is 0. The van der Waals surface area contributed by atoms with Crippen molar-refractivity contribution in [1.29, 1.82) is 0 Å². The molecule has 23 heavy (non-hydrogen) atoms. The first-order chi connectivity index (χ1) is 10.9. The zero-order chi connectivity index (χ0) is 16.5. The van der Waals surface area contributed by atoms with Crippen LogP contribution in [-0.4, -0.2) is 17.3 Å². The van der Waals surface area contributed by atoms with Gasteiger partial charge in [-0.15, -0.1) is 0 Å². The van der Waals surface area contributed by atoms with E-state index in [1.165, 1.54) is 0 Å². The van der Waals surface area contributed by atoms with Crippen molar-refractivity contribution in [2.45, 2.75) is 38.8 Å². The molecule has 0 amide bonds. The van der Waals surface area contributed by atoms with Gasteiger partial charge in [0.2, 0.25) is 5.90 Å². The topological polar surface area (TPSA) is 34.0 Å². The Hall–Kier alpha value is -2.42. The Kier molecular flexibility index (Phi) is 3.80. The number of hydrogen-bond donors (Lipinski definition) is 0. The average molecular weight is 306 g/mol. The molecule has 118 valence electrons. The van der Waals surface area contributed by atoms with Gasteiger partial charge < -0.3 is 4.74 Å². The molecule has 1 aliphatic heterocycles.